The van der Waals surface area contributed by atoms with E-state index in [0.717, 1.165) is 35.4 Å². The van der Waals surface area contributed by atoms with Crippen molar-refractivity contribution in [2.45, 2.75) is 19.3 Å². The summed E-state index contributed by atoms with van der Waals surface area (Å²) in [6.45, 7) is 0. The highest BCUT2D eigenvalue weighted by Gasteiger charge is 2.28. The molecule has 1 aromatic heterocycles. The first-order valence-electron chi connectivity index (χ1n) is 6.70. The summed E-state index contributed by atoms with van der Waals surface area (Å²) in [6.07, 6.45) is 3.69. The summed E-state index contributed by atoms with van der Waals surface area (Å²) in [6, 6.07) is 10.4. The Bertz CT molecular complexity index is 818. The summed E-state index contributed by atoms with van der Waals surface area (Å²) in [4.78, 5) is 15.6. The summed E-state index contributed by atoms with van der Waals surface area (Å²) in [7, 11) is 0. The number of benzene rings is 1. The lowest BCUT2D eigenvalue weighted by atomic mass is 9.85. The van der Waals surface area contributed by atoms with E-state index in [9.17, 15) is 4.79 Å². The molecule has 4 rings (SSSR count). The Hall–Kier alpha value is -2.60. The first kappa shape index (κ1) is 11.2. The normalized spacial score (nSPS) is 15.8. The third-order valence-electron chi connectivity index (χ3n) is 4.17. The largest absolute Gasteiger partial charge is 0.358 e. The lowest BCUT2D eigenvalue weighted by Gasteiger charge is -2.17. The van der Waals surface area contributed by atoms with Gasteiger partial charge in [-0.1, -0.05) is 24.3 Å². The van der Waals surface area contributed by atoms with Crippen molar-refractivity contribution < 1.29 is 4.79 Å². The summed E-state index contributed by atoms with van der Waals surface area (Å²) < 4.78 is 0. The average molecular weight is 260 g/mol. The molecule has 0 fully saturated rings. The first-order valence-corrected chi connectivity index (χ1v) is 6.70. The van der Waals surface area contributed by atoms with Crippen LogP contribution in [0.4, 0.5) is 0 Å². The van der Waals surface area contributed by atoms with E-state index in [-0.39, 0.29) is 12.2 Å². The van der Waals surface area contributed by atoms with E-state index in [1.165, 1.54) is 11.1 Å². The van der Waals surface area contributed by atoms with Gasteiger partial charge >= 0.3 is 0 Å². The molecule has 96 valence electrons. The molecule has 2 aliphatic rings. The number of Topliss-reactive ketones (excluding diaryl/α,β-unsaturated/α-hetero) is 1. The molecule has 2 aromatic rings. The highest BCUT2D eigenvalue weighted by Crippen LogP contribution is 2.34. The molecule has 0 bridgehead atoms. The van der Waals surface area contributed by atoms with Gasteiger partial charge in [0.1, 0.15) is 0 Å². The maximum absolute atomic E-state index is 12.3. The Labute approximate surface area is 116 Å². The second-order valence-corrected chi connectivity index (χ2v) is 5.37. The van der Waals surface area contributed by atoms with Crippen molar-refractivity contribution in [2.24, 2.45) is 0 Å². The lowest BCUT2D eigenvalue weighted by Crippen LogP contribution is -2.11. The number of nitrogens with one attached hydrogen (secondary N) is 1. The highest BCUT2D eigenvalue weighted by molar-refractivity contribution is 6.05. The van der Waals surface area contributed by atoms with Gasteiger partial charge in [0.15, 0.2) is 5.78 Å². The molecular formula is C17H12N2O. The zero-order chi connectivity index (χ0) is 13.7. The maximum atomic E-state index is 12.3. The van der Waals surface area contributed by atoms with Gasteiger partial charge in [-0.05, 0) is 22.8 Å². The standard InChI is InChI=1S/C17H12N2O/c18-9-10-5-15-17(16(20)6-10)13-7-11-3-1-2-4-12(11)8-14(13)19-15/h1-5,19H,6-8H2. The molecule has 0 spiro atoms. The van der Waals surface area contributed by atoms with E-state index in [2.05, 4.69) is 23.2 Å². The minimum atomic E-state index is 0.0657. The molecular weight excluding hydrogens is 248 g/mol. The van der Waals surface area contributed by atoms with Gasteiger partial charge in [0.2, 0.25) is 0 Å². The molecule has 0 saturated carbocycles. The fourth-order valence-corrected chi connectivity index (χ4v) is 3.23. The van der Waals surface area contributed by atoms with Crippen LogP contribution >= 0.6 is 0 Å². The number of aromatic amines is 1. The van der Waals surface area contributed by atoms with Crippen molar-refractivity contribution >= 4 is 11.9 Å². The summed E-state index contributed by atoms with van der Waals surface area (Å²) >= 11 is 0. The van der Waals surface area contributed by atoms with Crippen LogP contribution in [-0.2, 0) is 12.8 Å². The summed E-state index contributed by atoms with van der Waals surface area (Å²) in [5, 5.41) is 8.99. The van der Waals surface area contributed by atoms with E-state index in [4.69, 9.17) is 5.26 Å². The van der Waals surface area contributed by atoms with Crippen LogP contribution in [0.5, 0.6) is 0 Å². The predicted molar refractivity (Wildman–Crippen MR) is 75.4 cm³/mol. The number of hydrogen-bond donors (Lipinski definition) is 1. The first-order chi connectivity index (χ1) is 9.76. The molecule has 0 radical (unpaired) electrons. The number of fused-ring (bicyclic) bond motifs is 4. The predicted octanol–water partition coefficient (Wildman–Crippen LogP) is 3.00. The van der Waals surface area contributed by atoms with Crippen LogP contribution < -0.4 is 0 Å². The van der Waals surface area contributed by atoms with E-state index >= 15 is 0 Å². The smallest absolute Gasteiger partial charge is 0.170 e. The number of H-pyrrole nitrogens is 1. The van der Waals surface area contributed by atoms with Crippen LogP contribution in [0.3, 0.4) is 0 Å². The number of nitriles is 1. The van der Waals surface area contributed by atoms with Gasteiger partial charge in [-0.3, -0.25) is 4.79 Å². The van der Waals surface area contributed by atoms with Crippen LogP contribution in [0.1, 0.15) is 44.9 Å². The second-order valence-electron chi connectivity index (χ2n) is 5.37. The summed E-state index contributed by atoms with van der Waals surface area (Å²) in [5.74, 6) is 0.0657. The van der Waals surface area contributed by atoms with Gasteiger partial charge in [-0.25, -0.2) is 0 Å². The fraction of sp³-hybridized carbons (Fsp3) is 0.176. The molecule has 3 nitrogen and oxygen atoms in total. The molecule has 0 unspecified atom stereocenters. The number of allylic oxidation sites excluding steroid dienone is 1. The molecule has 1 N–H and O–H groups in total. The van der Waals surface area contributed by atoms with Crippen molar-refractivity contribution in [1.29, 1.82) is 5.26 Å². The Balaban J connectivity index is 1.89. The number of carbonyl (C=O) groups is 1. The number of aromatic nitrogens is 1. The van der Waals surface area contributed by atoms with E-state index in [0.29, 0.717) is 5.57 Å². The van der Waals surface area contributed by atoms with Crippen LogP contribution in [0, 0.1) is 11.3 Å². The van der Waals surface area contributed by atoms with Crippen molar-refractivity contribution in [1.82, 2.24) is 4.98 Å². The Morgan fingerprint density at radius 3 is 2.60 bits per heavy atom. The maximum Gasteiger partial charge on any atom is 0.170 e. The third kappa shape index (κ3) is 1.48. The lowest BCUT2D eigenvalue weighted by molar-refractivity contribution is 0.0992. The third-order valence-corrected chi connectivity index (χ3v) is 4.17. The average Bonchev–Trinajstić information content (AvgIpc) is 2.82. The van der Waals surface area contributed by atoms with Gasteiger partial charge in [-0.2, -0.15) is 5.26 Å². The number of ketones is 1. The quantitative estimate of drug-likeness (QED) is 0.675. The van der Waals surface area contributed by atoms with Gasteiger partial charge in [-0.15, -0.1) is 0 Å². The Morgan fingerprint density at radius 1 is 1.10 bits per heavy atom. The molecule has 0 saturated heterocycles. The van der Waals surface area contributed by atoms with Crippen LogP contribution in [0.2, 0.25) is 0 Å². The fourth-order valence-electron chi connectivity index (χ4n) is 3.23. The highest BCUT2D eigenvalue weighted by atomic mass is 16.1. The Morgan fingerprint density at radius 2 is 1.85 bits per heavy atom. The number of rotatable bonds is 0. The summed E-state index contributed by atoms with van der Waals surface area (Å²) in [5.41, 5.74) is 7.01. The van der Waals surface area contributed by atoms with Gasteiger partial charge in [0.25, 0.3) is 0 Å². The molecule has 1 heterocycles. The molecule has 0 amide bonds. The molecule has 3 heteroatoms. The van der Waals surface area contributed by atoms with Gasteiger partial charge in [0, 0.05) is 36.1 Å². The van der Waals surface area contributed by atoms with Crippen LogP contribution in [0.15, 0.2) is 29.8 Å². The monoisotopic (exact) mass is 260 g/mol. The Kier molecular flexibility index (Phi) is 2.22. The van der Waals surface area contributed by atoms with Crippen molar-refractivity contribution in [3.8, 4) is 6.07 Å². The molecule has 2 aliphatic carbocycles. The number of carbonyl (C=O) groups excluding carboxylic acids is 1. The van der Waals surface area contributed by atoms with Crippen LogP contribution in [-0.4, -0.2) is 10.8 Å². The van der Waals surface area contributed by atoms with Gasteiger partial charge < -0.3 is 4.98 Å². The van der Waals surface area contributed by atoms with Crippen molar-refractivity contribution in [3.63, 3.8) is 0 Å². The molecule has 0 atom stereocenters. The minimum absolute atomic E-state index is 0.0657. The number of hydrogen-bond acceptors (Lipinski definition) is 2. The van der Waals surface area contributed by atoms with Gasteiger partial charge in [0.05, 0.1) is 11.8 Å². The second kappa shape index (κ2) is 3.94. The number of nitrogens with zero attached hydrogens (tertiary/aromatic N) is 1. The molecule has 0 aliphatic heterocycles. The SMILES string of the molecule is N#CC1=Cc2[nH]c3c(c2C(=O)C1)Cc1ccccc1C3. The van der Waals surface area contributed by atoms with Crippen molar-refractivity contribution in [3.05, 3.63) is 63.5 Å². The van der Waals surface area contributed by atoms with E-state index in [1.807, 2.05) is 18.2 Å². The zero-order valence-electron chi connectivity index (χ0n) is 10.9. The molecule has 20 heavy (non-hydrogen) atoms. The van der Waals surface area contributed by atoms with E-state index < -0.39 is 0 Å². The zero-order valence-corrected chi connectivity index (χ0v) is 10.9. The minimum Gasteiger partial charge on any atom is -0.358 e. The van der Waals surface area contributed by atoms with E-state index in [1.54, 1.807) is 0 Å². The van der Waals surface area contributed by atoms with Crippen molar-refractivity contribution in [2.75, 3.05) is 0 Å². The van der Waals surface area contributed by atoms with Crippen LogP contribution in [0.25, 0.3) is 6.08 Å². The molecule has 1 aromatic carbocycles. The topological polar surface area (TPSA) is 56.6 Å².